The minimum absolute atomic E-state index is 0.0745. The first-order chi connectivity index (χ1) is 12.6. The summed E-state index contributed by atoms with van der Waals surface area (Å²) in [7, 11) is 0. The molecule has 2 heterocycles. The molecule has 0 saturated heterocycles. The van der Waals surface area contributed by atoms with Crippen LogP contribution in [-0.4, -0.2) is 21.7 Å². The van der Waals surface area contributed by atoms with Crippen LogP contribution < -0.4 is 0 Å². The van der Waals surface area contributed by atoms with E-state index in [2.05, 4.69) is 5.10 Å². The van der Waals surface area contributed by atoms with Crippen molar-refractivity contribution in [2.45, 2.75) is 12.5 Å². The fraction of sp³-hybridized carbons (Fsp3) is 0.100. The number of furan rings is 1. The van der Waals surface area contributed by atoms with Crippen molar-refractivity contribution in [1.29, 1.82) is 0 Å². The van der Waals surface area contributed by atoms with Gasteiger partial charge in [0.05, 0.1) is 18.0 Å². The van der Waals surface area contributed by atoms with Gasteiger partial charge in [0.2, 0.25) is 0 Å². The zero-order valence-electron chi connectivity index (χ0n) is 13.7. The highest BCUT2D eigenvalue weighted by atomic mass is 19.1. The van der Waals surface area contributed by atoms with Crippen LogP contribution in [0.25, 0.3) is 0 Å². The number of carbonyl (C=O) groups is 1. The molecule has 1 aliphatic rings. The molecule has 5 nitrogen and oxygen atoms in total. The molecule has 1 N–H and O–H groups in total. The summed E-state index contributed by atoms with van der Waals surface area (Å²) in [6.45, 7) is 0. The molecule has 0 saturated carbocycles. The van der Waals surface area contributed by atoms with E-state index in [4.69, 9.17) is 4.42 Å². The number of amides is 1. The zero-order chi connectivity index (χ0) is 18.1. The van der Waals surface area contributed by atoms with Gasteiger partial charge in [-0.1, -0.05) is 30.3 Å². The van der Waals surface area contributed by atoms with Gasteiger partial charge in [0.1, 0.15) is 11.6 Å². The Bertz CT molecular complexity index is 982. The predicted octanol–water partition coefficient (Wildman–Crippen LogP) is 4.12. The summed E-state index contributed by atoms with van der Waals surface area (Å²) < 4.78 is 18.8. The lowest BCUT2D eigenvalue weighted by Gasteiger charge is -2.21. The maximum absolute atomic E-state index is 13.6. The minimum atomic E-state index is -0.507. The molecule has 130 valence electrons. The van der Waals surface area contributed by atoms with Gasteiger partial charge in [-0.3, -0.25) is 4.79 Å². The van der Waals surface area contributed by atoms with Crippen molar-refractivity contribution in [2.24, 2.45) is 5.10 Å². The number of hydrazone groups is 1. The van der Waals surface area contributed by atoms with E-state index < -0.39 is 11.9 Å². The highest BCUT2D eigenvalue weighted by molar-refractivity contribution is 6.04. The minimum Gasteiger partial charge on any atom is -0.508 e. The van der Waals surface area contributed by atoms with Crippen LogP contribution in [0, 0.1) is 5.82 Å². The van der Waals surface area contributed by atoms with Crippen molar-refractivity contribution in [3.8, 4) is 5.75 Å². The molecule has 0 fully saturated rings. The topological polar surface area (TPSA) is 66.0 Å². The molecule has 0 aliphatic carbocycles. The third-order valence-electron chi connectivity index (χ3n) is 4.30. The molecule has 0 radical (unpaired) electrons. The number of nitrogens with zero attached hydrogens (tertiary/aromatic N) is 2. The van der Waals surface area contributed by atoms with Crippen molar-refractivity contribution in [1.82, 2.24) is 5.01 Å². The number of aromatic hydroxyl groups is 1. The number of para-hydroxylation sites is 1. The monoisotopic (exact) mass is 350 g/mol. The fourth-order valence-corrected chi connectivity index (χ4v) is 3.06. The van der Waals surface area contributed by atoms with Crippen LogP contribution in [0.2, 0.25) is 0 Å². The van der Waals surface area contributed by atoms with Crippen LogP contribution in [0.1, 0.15) is 34.1 Å². The SMILES string of the molecule is O=C(c1ccco1)N1N=C(c2cccc(F)c2)CC1c1ccccc1O. The standard InChI is InChI=1S/C20H15FN2O3/c21-14-6-3-5-13(11-14)16-12-17(15-7-1-2-8-18(15)24)23(22-16)20(25)19-9-4-10-26-19/h1-11,17,24H,12H2. The van der Waals surface area contributed by atoms with E-state index in [1.165, 1.54) is 23.4 Å². The molecule has 0 spiro atoms. The second kappa shape index (κ2) is 6.48. The summed E-state index contributed by atoms with van der Waals surface area (Å²) in [4.78, 5) is 12.8. The molecular formula is C20H15FN2O3. The summed E-state index contributed by atoms with van der Waals surface area (Å²) in [5, 5.41) is 15.9. The molecule has 4 rings (SSSR count). The second-order valence-corrected chi connectivity index (χ2v) is 5.96. The van der Waals surface area contributed by atoms with Crippen LogP contribution in [0.15, 0.2) is 76.4 Å². The average Bonchev–Trinajstić information content (AvgIpc) is 3.32. The van der Waals surface area contributed by atoms with Gasteiger partial charge in [0.15, 0.2) is 5.76 Å². The molecule has 2 aromatic carbocycles. The van der Waals surface area contributed by atoms with Gasteiger partial charge in [-0.2, -0.15) is 5.10 Å². The predicted molar refractivity (Wildman–Crippen MR) is 93.3 cm³/mol. The molecule has 1 aliphatic heterocycles. The van der Waals surface area contributed by atoms with E-state index >= 15 is 0 Å². The van der Waals surface area contributed by atoms with E-state index in [1.54, 1.807) is 48.5 Å². The molecule has 6 heteroatoms. The van der Waals surface area contributed by atoms with Crippen molar-refractivity contribution in [2.75, 3.05) is 0 Å². The summed E-state index contributed by atoms with van der Waals surface area (Å²) in [6, 6.07) is 15.5. The second-order valence-electron chi connectivity index (χ2n) is 5.96. The van der Waals surface area contributed by atoms with Crippen LogP contribution in [-0.2, 0) is 0 Å². The molecule has 1 amide bonds. The Hall–Kier alpha value is -3.41. The van der Waals surface area contributed by atoms with Gasteiger partial charge >= 0.3 is 5.91 Å². The van der Waals surface area contributed by atoms with E-state index in [0.717, 1.165) is 0 Å². The fourth-order valence-electron chi connectivity index (χ4n) is 3.06. The Morgan fingerprint density at radius 3 is 2.73 bits per heavy atom. The number of hydrogen-bond acceptors (Lipinski definition) is 4. The first-order valence-electron chi connectivity index (χ1n) is 8.12. The number of benzene rings is 2. The molecule has 3 aromatic rings. The van der Waals surface area contributed by atoms with Crippen molar-refractivity contribution in [3.05, 3.63) is 89.6 Å². The maximum Gasteiger partial charge on any atom is 0.310 e. The normalized spacial score (nSPS) is 16.6. The van der Waals surface area contributed by atoms with E-state index in [-0.39, 0.29) is 17.3 Å². The largest absolute Gasteiger partial charge is 0.508 e. The smallest absolute Gasteiger partial charge is 0.310 e. The highest BCUT2D eigenvalue weighted by Gasteiger charge is 2.36. The highest BCUT2D eigenvalue weighted by Crippen LogP contribution is 2.37. The quantitative estimate of drug-likeness (QED) is 0.773. The van der Waals surface area contributed by atoms with Crippen molar-refractivity contribution < 1.29 is 18.7 Å². The van der Waals surface area contributed by atoms with Gasteiger partial charge < -0.3 is 9.52 Å². The summed E-state index contributed by atoms with van der Waals surface area (Å²) in [5.74, 6) is -0.574. The third-order valence-corrected chi connectivity index (χ3v) is 4.30. The third kappa shape index (κ3) is 2.86. The van der Waals surface area contributed by atoms with Crippen molar-refractivity contribution >= 4 is 11.6 Å². The van der Waals surface area contributed by atoms with Crippen LogP contribution in [0.4, 0.5) is 4.39 Å². The Kier molecular flexibility index (Phi) is 4.01. The Balaban J connectivity index is 1.76. The molecule has 1 aromatic heterocycles. The van der Waals surface area contributed by atoms with Crippen LogP contribution in [0.3, 0.4) is 0 Å². The Labute approximate surface area is 149 Å². The molecule has 0 bridgehead atoms. The summed E-state index contributed by atoms with van der Waals surface area (Å²) in [5.41, 5.74) is 1.74. The lowest BCUT2D eigenvalue weighted by Crippen LogP contribution is -2.26. The number of phenols is 1. The molecule has 26 heavy (non-hydrogen) atoms. The lowest BCUT2D eigenvalue weighted by atomic mass is 9.97. The summed E-state index contributed by atoms with van der Waals surface area (Å²) in [6.07, 6.45) is 1.77. The Morgan fingerprint density at radius 1 is 1.15 bits per heavy atom. The lowest BCUT2D eigenvalue weighted by molar-refractivity contribution is 0.0677. The van der Waals surface area contributed by atoms with Crippen LogP contribution in [0.5, 0.6) is 5.75 Å². The van der Waals surface area contributed by atoms with Gasteiger partial charge in [-0.05, 0) is 30.3 Å². The van der Waals surface area contributed by atoms with Gasteiger partial charge in [-0.15, -0.1) is 0 Å². The van der Waals surface area contributed by atoms with Gasteiger partial charge in [0.25, 0.3) is 0 Å². The number of carbonyl (C=O) groups excluding carboxylic acids is 1. The molecule has 1 atom stereocenters. The van der Waals surface area contributed by atoms with E-state index in [9.17, 15) is 14.3 Å². The van der Waals surface area contributed by atoms with E-state index in [1.807, 2.05) is 0 Å². The summed E-state index contributed by atoms with van der Waals surface area (Å²) >= 11 is 0. The maximum atomic E-state index is 13.6. The number of rotatable bonds is 3. The van der Waals surface area contributed by atoms with Gasteiger partial charge in [0, 0.05) is 17.5 Å². The first-order valence-corrected chi connectivity index (χ1v) is 8.12. The molecular weight excluding hydrogens is 335 g/mol. The Morgan fingerprint density at radius 2 is 2.00 bits per heavy atom. The molecule has 1 unspecified atom stereocenters. The number of phenolic OH excluding ortho intramolecular Hbond substituents is 1. The van der Waals surface area contributed by atoms with Crippen LogP contribution >= 0.6 is 0 Å². The van der Waals surface area contributed by atoms with E-state index in [0.29, 0.717) is 23.3 Å². The first kappa shape index (κ1) is 16.1. The van der Waals surface area contributed by atoms with Crippen molar-refractivity contribution in [3.63, 3.8) is 0 Å². The number of hydrogen-bond donors (Lipinski definition) is 1. The average molecular weight is 350 g/mol. The van der Waals surface area contributed by atoms with Gasteiger partial charge in [-0.25, -0.2) is 9.40 Å². The zero-order valence-corrected chi connectivity index (χ0v) is 13.7. The number of halogens is 1.